The molecule has 1 aromatic heterocycles. The monoisotopic (exact) mass is 340 g/mol. The van der Waals surface area contributed by atoms with Gasteiger partial charge in [-0.15, -0.1) is 0 Å². The van der Waals surface area contributed by atoms with Crippen LogP contribution in [0, 0.1) is 5.41 Å². The van der Waals surface area contributed by atoms with Crippen LogP contribution in [0.1, 0.15) is 49.5 Å². The van der Waals surface area contributed by atoms with Crippen LogP contribution in [0.3, 0.4) is 0 Å². The van der Waals surface area contributed by atoms with Gasteiger partial charge in [0.2, 0.25) is 0 Å². The van der Waals surface area contributed by atoms with Crippen molar-refractivity contribution in [1.29, 1.82) is 0 Å². The molecule has 0 bridgehead atoms. The fourth-order valence-corrected chi connectivity index (χ4v) is 4.66. The number of aromatic amines is 1. The first-order chi connectivity index (χ1) is 12.1. The molecule has 2 aliphatic carbocycles. The van der Waals surface area contributed by atoms with Crippen LogP contribution in [-0.2, 0) is 4.74 Å². The Morgan fingerprint density at radius 1 is 1.32 bits per heavy atom. The van der Waals surface area contributed by atoms with Gasteiger partial charge in [0.05, 0.1) is 6.10 Å². The van der Waals surface area contributed by atoms with Gasteiger partial charge in [-0.05, 0) is 43.7 Å². The summed E-state index contributed by atoms with van der Waals surface area (Å²) in [6.45, 7) is 2.74. The van der Waals surface area contributed by atoms with Crippen LogP contribution in [0.15, 0.2) is 35.1 Å². The van der Waals surface area contributed by atoms with E-state index < -0.39 is 0 Å². The van der Waals surface area contributed by atoms with E-state index in [0.29, 0.717) is 17.7 Å². The smallest absolute Gasteiger partial charge is 0.268 e. The molecule has 2 atom stereocenters. The maximum atomic E-state index is 12.7. The molecule has 2 aromatic rings. The van der Waals surface area contributed by atoms with E-state index in [1.54, 1.807) is 12.1 Å². The quantitative estimate of drug-likeness (QED) is 0.899. The van der Waals surface area contributed by atoms with E-state index in [9.17, 15) is 9.59 Å². The van der Waals surface area contributed by atoms with Crippen molar-refractivity contribution in [2.45, 2.75) is 51.2 Å². The van der Waals surface area contributed by atoms with Crippen LogP contribution < -0.4 is 10.9 Å². The topological polar surface area (TPSA) is 71.2 Å². The first-order valence-corrected chi connectivity index (χ1v) is 9.18. The molecule has 1 spiro atoms. The van der Waals surface area contributed by atoms with Crippen molar-refractivity contribution in [1.82, 2.24) is 10.3 Å². The van der Waals surface area contributed by atoms with Gasteiger partial charge in [0.1, 0.15) is 5.69 Å². The van der Waals surface area contributed by atoms with Crippen LogP contribution in [0.25, 0.3) is 10.8 Å². The fraction of sp³-hybridized carbons (Fsp3) is 0.500. The largest absolute Gasteiger partial charge is 0.378 e. The van der Waals surface area contributed by atoms with Crippen LogP contribution in [-0.4, -0.2) is 29.6 Å². The molecule has 0 radical (unpaired) electrons. The number of hydrogen-bond acceptors (Lipinski definition) is 3. The molecule has 2 fully saturated rings. The summed E-state index contributed by atoms with van der Waals surface area (Å²) in [7, 11) is 0. The second-order valence-electron chi connectivity index (χ2n) is 7.25. The van der Waals surface area contributed by atoms with Crippen molar-refractivity contribution >= 4 is 16.7 Å². The molecule has 1 aromatic carbocycles. The minimum atomic E-state index is -0.223. The Morgan fingerprint density at radius 2 is 2.08 bits per heavy atom. The van der Waals surface area contributed by atoms with Gasteiger partial charge >= 0.3 is 0 Å². The minimum Gasteiger partial charge on any atom is -0.378 e. The molecule has 4 rings (SSSR count). The number of amides is 1. The lowest BCUT2D eigenvalue weighted by Gasteiger charge is -2.54. The standard InChI is InChI=1S/C20H24N2O3/c1-2-25-17-12-16(20(17)9-5-6-10-20)22-19(24)15-11-13-7-3-4-8-14(13)18(23)21-15/h3-4,7-8,11,16-17H,2,5-6,9-10,12H2,1H3,(H,21,23)(H,22,24)/t16-,17+/m0/s1. The van der Waals surface area contributed by atoms with Crippen LogP contribution in [0.4, 0.5) is 0 Å². The highest BCUT2D eigenvalue weighted by atomic mass is 16.5. The third-order valence-corrected chi connectivity index (χ3v) is 5.99. The van der Waals surface area contributed by atoms with Crippen molar-refractivity contribution in [2.24, 2.45) is 5.41 Å². The third kappa shape index (κ3) is 2.67. The van der Waals surface area contributed by atoms with Gasteiger partial charge in [-0.2, -0.15) is 0 Å². The van der Waals surface area contributed by atoms with Crippen molar-refractivity contribution in [3.05, 3.63) is 46.4 Å². The van der Waals surface area contributed by atoms with Crippen LogP contribution in [0.5, 0.6) is 0 Å². The Labute approximate surface area is 146 Å². The minimum absolute atomic E-state index is 0.0861. The number of carbonyl (C=O) groups is 1. The number of nitrogens with one attached hydrogen (secondary N) is 2. The third-order valence-electron chi connectivity index (χ3n) is 5.99. The predicted octanol–water partition coefficient (Wildman–Crippen LogP) is 3.00. The van der Waals surface area contributed by atoms with Gasteiger partial charge in [0, 0.05) is 23.4 Å². The lowest BCUT2D eigenvalue weighted by molar-refractivity contribution is -0.127. The van der Waals surface area contributed by atoms with Gasteiger partial charge in [-0.3, -0.25) is 9.59 Å². The highest BCUT2D eigenvalue weighted by Gasteiger charge is 2.57. The van der Waals surface area contributed by atoms with Gasteiger partial charge < -0.3 is 15.0 Å². The molecule has 0 saturated heterocycles. The summed E-state index contributed by atoms with van der Waals surface area (Å²) >= 11 is 0. The van der Waals surface area contributed by atoms with Crippen LogP contribution >= 0.6 is 0 Å². The summed E-state index contributed by atoms with van der Waals surface area (Å²) in [6.07, 6.45) is 5.72. The summed E-state index contributed by atoms with van der Waals surface area (Å²) < 4.78 is 5.90. The highest BCUT2D eigenvalue weighted by molar-refractivity contribution is 5.96. The molecule has 2 saturated carbocycles. The zero-order valence-electron chi connectivity index (χ0n) is 14.5. The second-order valence-corrected chi connectivity index (χ2v) is 7.25. The summed E-state index contributed by atoms with van der Waals surface area (Å²) in [5.74, 6) is -0.200. The van der Waals surface area contributed by atoms with E-state index in [1.807, 2.05) is 25.1 Å². The van der Waals surface area contributed by atoms with E-state index >= 15 is 0 Å². The summed E-state index contributed by atoms with van der Waals surface area (Å²) in [5, 5.41) is 4.54. The highest BCUT2D eigenvalue weighted by Crippen LogP contribution is 2.54. The summed E-state index contributed by atoms with van der Waals surface area (Å²) in [5.41, 5.74) is 0.194. The van der Waals surface area contributed by atoms with Crippen LogP contribution in [0.2, 0.25) is 0 Å². The molecule has 0 aliphatic heterocycles. The second kappa shape index (κ2) is 6.30. The van der Waals surface area contributed by atoms with E-state index in [1.165, 1.54) is 12.8 Å². The molecule has 5 heteroatoms. The molecule has 25 heavy (non-hydrogen) atoms. The average molecular weight is 340 g/mol. The number of ether oxygens (including phenoxy) is 1. The Hall–Kier alpha value is -2.14. The normalized spacial score (nSPS) is 24.4. The molecular formula is C20H24N2O3. The number of benzene rings is 1. The molecule has 1 heterocycles. The Kier molecular flexibility index (Phi) is 4.12. The molecule has 0 unspecified atom stereocenters. The van der Waals surface area contributed by atoms with Crippen molar-refractivity contribution < 1.29 is 9.53 Å². The summed E-state index contributed by atoms with van der Waals surface area (Å²) in [4.78, 5) is 27.7. The lowest BCUT2D eigenvalue weighted by atomic mass is 9.60. The number of carbonyl (C=O) groups excluding carboxylic acids is 1. The van der Waals surface area contributed by atoms with Crippen molar-refractivity contribution in [3.8, 4) is 0 Å². The number of hydrogen-bond donors (Lipinski definition) is 2. The fourth-order valence-electron chi connectivity index (χ4n) is 4.66. The maximum Gasteiger partial charge on any atom is 0.268 e. The molecule has 2 aliphatic rings. The SMILES string of the molecule is CCO[C@@H]1C[C@H](NC(=O)c2cc3ccccc3c(=O)[nH]2)C12CCCC2. The number of fused-ring (bicyclic) bond motifs is 1. The van der Waals surface area contributed by atoms with Gasteiger partial charge in [0.15, 0.2) is 0 Å². The molecule has 1 amide bonds. The van der Waals surface area contributed by atoms with E-state index in [4.69, 9.17) is 4.74 Å². The lowest BCUT2D eigenvalue weighted by Crippen LogP contribution is -2.63. The van der Waals surface area contributed by atoms with Gasteiger partial charge in [0.25, 0.3) is 11.5 Å². The Morgan fingerprint density at radius 3 is 2.84 bits per heavy atom. The molecule has 5 nitrogen and oxygen atoms in total. The maximum absolute atomic E-state index is 12.7. The van der Waals surface area contributed by atoms with Crippen molar-refractivity contribution in [2.75, 3.05) is 6.61 Å². The predicted molar refractivity (Wildman–Crippen MR) is 96.8 cm³/mol. The number of H-pyrrole nitrogens is 1. The van der Waals surface area contributed by atoms with E-state index in [0.717, 1.165) is 24.6 Å². The first kappa shape index (κ1) is 16.3. The number of pyridine rings is 1. The molecular weight excluding hydrogens is 316 g/mol. The molecule has 2 N–H and O–H groups in total. The Bertz CT molecular complexity index is 851. The number of rotatable bonds is 4. The van der Waals surface area contributed by atoms with E-state index in [-0.39, 0.29) is 29.0 Å². The zero-order chi connectivity index (χ0) is 17.4. The van der Waals surface area contributed by atoms with Gasteiger partial charge in [-0.1, -0.05) is 31.0 Å². The van der Waals surface area contributed by atoms with E-state index in [2.05, 4.69) is 10.3 Å². The average Bonchev–Trinajstić information content (AvgIpc) is 3.14. The Balaban J connectivity index is 1.55. The van der Waals surface area contributed by atoms with Gasteiger partial charge in [-0.25, -0.2) is 0 Å². The first-order valence-electron chi connectivity index (χ1n) is 9.18. The number of aromatic nitrogens is 1. The molecule has 132 valence electrons. The summed E-state index contributed by atoms with van der Waals surface area (Å²) in [6, 6.07) is 9.20. The van der Waals surface area contributed by atoms with Crippen molar-refractivity contribution in [3.63, 3.8) is 0 Å². The zero-order valence-corrected chi connectivity index (χ0v) is 14.5.